The van der Waals surface area contributed by atoms with Gasteiger partial charge in [0.1, 0.15) is 5.75 Å². The quantitative estimate of drug-likeness (QED) is 0.619. The monoisotopic (exact) mass is 467 g/mol. The number of hydrogen-bond acceptors (Lipinski definition) is 6. The average Bonchev–Trinajstić information content (AvgIpc) is 2.93. The van der Waals surface area contributed by atoms with Crippen LogP contribution in [0.1, 0.15) is 31.9 Å². The fourth-order valence-electron chi connectivity index (χ4n) is 4.30. The molecule has 2 bridgehead atoms. The summed E-state index contributed by atoms with van der Waals surface area (Å²) in [5.74, 6) is 0.338. The van der Waals surface area contributed by atoms with Gasteiger partial charge >= 0.3 is 0 Å². The van der Waals surface area contributed by atoms with Gasteiger partial charge in [-0.15, -0.1) is 0 Å². The van der Waals surface area contributed by atoms with Crippen molar-refractivity contribution in [3.8, 4) is 11.8 Å². The summed E-state index contributed by atoms with van der Waals surface area (Å²) in [6.07, 6.45) is 0.277. The maximum Gasteiger partial charge on any atom is 0.261 e. The van der Waals surface area contributed by atoms with Crippen molar-refractivity contribution in [2.24, 2.45) is 5.41 Å². The third-order valence-electron chi connectivity index (χ3n) is 5.84. The summed E-state index contributed by atoms with van der Waals surface area (Å²) in [6, 6.07) is 7.37. The zero-order valence-corrected chi connectivity index (χ0v) is 18.5. The van der Waals surface area contributed by atoms with Crippen LogP contribution >= 0.6 is 37.5 Å². The molecule has 0 unspecified atom stereocenters. The minimum Gasteiger partial charge on any atom is -0.496 e. The van der Waals surface area contributed by atoms with Gasteiger partial charge in [-0.2, -0.15) is 5.26 Å². The Morgan fingerprint density at radius 3 is 2.63 bits per heavy atom. The van der Waals surface area contributed by atoms with Gasteiger partial charge in [0, 0.05) is 23.5 Å². The Hall–Kier alpha value is -1.37. The number of piperazine rings is 1. The molecule has 0 aromatic heterocycles. The second-order valence-electron chi connectivity index (χ2n) is 7.47. The van der Waals surface area contributed by atoms with E-state index in [0.29, 0.717) is 5.75 Å². The van der Waals surface area contributed by atoms with Crippen LogP contribution in [-0.4, -0.2) is 45.5 Å². The Morgan fingerprint density at radius 2 is 2.00 bits per heavy atom. The largest absolute Gasteiger partial charge is 0.496 e. The Morgan fingerprint density at radius 1 is 1.30 bits per heavy atom. The third kappa shape index (κ3) is 2.21. The van der Waals surface area contributed by atoms with Crippen molar-refractivity contribution in [3.05, 3.63) is 28.2 Å². The molecule has 1 aromatic carbocycles. The number of nitrogens with zero attached hydrogens (tertiary/aromatic N) is 3. The van der Waals surface area contributed by atoms with Crippen LogP contribution in [0.2, 0.25) is 0 Å². The van der Waals surface area contributed by atoms with E-state index in [0.717, 1.165) is 10.0 Å². The van der Waals surface area contributed by atoms with Crippen molar-refractivity contribution in [1.29, 1.82) is 5.26 Å². The number of carbonyl (C=O) groups is 2. The van der Waals surface area contributed by atoms with Gasteiger partial charge in [0.15, 0.2) is 9.74 Å². The van der Waals surface area contributed by atoms with Gasteiger partial charge in [-0.3, -0.25) is 9.59 Å². The predicted molar refractivity (Wildman–Crippen MR) is 108 cm³/mol. The van der Waals surface area contributed by atoms with E-state index in [1.165, 1.54) is 26.5 Å². The van der Waals surface area contributed by atoms with E-state index >= 15 is 0 Å². The summed E-state index contributed by atoms with van der Waals surface area (Å²) in [4.78, 5) is 28.0. The Balaban J connectivity index is 1.98. The first-order chi connectivity index (χ1) is 12.6. The first kappa shape index (κ1) is 19.0. The molecule has 142 valence electrons. The molecule has 1 spiro atoms. The van der Waals surface area contributed by atoms with Crippen molar-refractivity contribution < 1.29 is 14.3 Å². The fourth-order valence-corrected chi connectivity index (χ4v) is 8.26. The zero-order valence-electron chi connectivity index (χ0n) is 15.3. The molecule has 0 aliphatic carbocycles. The van der Waals surface area contributed by atoms with Crippen LogP contribution in [0.4, 0.5) is 0 Å². The Bertz CT molecular complexity index is 922. The molecule has 9 heteroatoms. The molecule has 27 heavy (non-hydrogen) atoms. The number of benzene rings is 1. The summed E-state index contributed by atoms with van der Waals surface area (Å²) in [5, 5.41) is 10.1. The van der Waals surface area contributed by atoms with E-state index in [1.54, 1.807) is 26.0 Å². The molecule has 2 amide bonds. The molecular formula is C18H18BrN3O3S2. The third-order valence-corrected chi connectivity index (χ3v) is 10.0. The number of halogens is 1. The summed E-state index contributed by atoms with van der Waals surface area (Å²) < 4.78 is 6.37. The van der Waals surface area contributed by atoms with Crippen molar-refractivity contribution in [3.63, 3.8) is 0 Å². The number of hydrogen-bond donors (Lipinski definition) is 0. The molecule has 0 saturated carbocycles. The molecule has 4 saturated heterocycles. The van der Waals surface area contributed by atoms with Crippen LogP contribution in [0.3, 0.4) is 0 Å². The first-order valence-electron chi connectivity index (χ1n) is 8.38. The summed E-state index contributed by atoms with van der Waals surface area (Å²) >= 11 is 3.48. The van der Waals surface area contributed by atoms with E-state index in [2.05, 4.69) is 22.0 Å². The lowest BCUT2D eigenvalue weighted by Gasteiger charge is -2.57. The number of ether oxygens (including phenoxy) is 1. The first-order valence-corrected chi connectivity index (χ1v) is 11.3. The maximum atomic E-state index is 13.5. The highest BCUT2D eigenvalue weighted by atomic mass is 79.9. The molecule has 0 radical (unpaired) electrons. The molecule has 4 atom stereocenters. The van der Waals surface area contributed by atoms with Gasteiger partial charge in [-0.1, -0.05) is 37.5 Å². The van der Waals surface area contributed by atoms with Gasteiger partial charge in [0.25, 0.3) is 11.8 Å². The second-order valence-corrected chi connectivity index (χ2v) is 11.2. The highest BCUT2D eigenvalue weighted by molar-refractivity contribution is 9.10. The van der Waals surface area contributed by atoms with Crippen LogP contribution in [0, 0.1) is 16.7 Å². The molecule has 5 rings (SSSR count). The molecule has 0 N–H and O–H groups in total. The number of rotatable bonds is 2. The van der Waals surface area contributed by atoms with Gasteiger partial charge in [-0.25, -0.2) is 0 Å². The molecule has 4 fully saturated rings. The van der Waals surface area contributed by atoms with Crippen molar-refractivity contribution in [1.82, 2.24) is 9.80 Å². The topological polar surface area (TPSA) is 73.6 Å². The lowest BCUT2D eigenvalue weighted by Crippen LogP contribution is -2.73. The highest BCUT2D eigenvalue weighted by Crippen LogP contribution is 2.69. The van der Waals surface area contributed by atoms with Crippen LogP contribution in [-0.2, 0) is 9.59 Å². The Kier molecular flexibility index (Phi) is 4.09. The minimum atomic E-state index is -1.07. The van der Waals surface area contributed by atoms with E-state index in [9.17, 15) is 14.9 Å². The van der Waals surface area contributed by atoms with Crippen molar-refractivity contribution in [2.75, 3.05) is 14.2 Å². The van der Waals surface area contributed by atoms with Gasteiger partial charge in [0.2, 0.25) is 0 Å². The van der Waals surface area contributed by atoms with Gasteiger partial charge < -0.3 is 14.5 Å². The smallest absolute Gasteiger partial charge is 0.261 e. The predicted octanol–water partition coefficient (Wildman–Crippen LogP) is 3.54. The molecular weight excluding hydrogens is 450 g/mol. The van der Waals surface area contributed by atoms with E-state index in [4.69, 9.17) is 4.74 Å². The van der Waals surface area contributed by atoms with Crippen LogP contribution in [0.5, 0.6) is 5.75 Å². The molecule has 6 nitrogen and oxygen atoms in total. The van der Waals surface area contributed by atoms with E-state index in [-0.39, 0.29) is 18.2 Å². The number of fused-ring (bicyclic) bond motifs is 2. The Labute approximate surface area is 174 Å². The number of amides is 2. The standard InChI is InChI=1S/C18H18BrN3O3S2/c1-16(9-20)8-18-15(24)21(3)17(2,26-27-18)14(23)22(18)13(16)11-7-10(19)5-6-12(11)25-4/h5-7,13H,8H2,1-4H3/t13-,16+,17-,18-/m0/s1. The van der Waals surface area contributed by atoms with Gasteiger partial charge in [-0.05, 0) is 32.0 Å². The summed E-state index contributed by atoms with van der Waals surface area (Å²) in [7, 11) is 6.05. The van der Waals surface area contributed by atoms with E-state index in [1.807, 2.05) is 25.1 Å². The van der Waals surface area contributed by atoms with Crippen molar-refractivity contribution in [2.45, 2.75) is 36.1 Å². The molecule has 4 aliphatic heterocycles. The molecule has 4 aliphatic rings. The number of carbonyl (C=O) groups excluding carboxylic acids is 2. The van der Waals surface area contributed by atoms with Crippen LogP contribution in [0.15, 0.2) is 22.7 Å². The normalized spacial score (nSPS) is 37.4. The second kappa shape index (κ2) is 5.82. The number of methoxy groups -OCH3 is 1. The number of nitriles is 1. The lowest BCUT2D eigenvalue weighted by atomic mass is 9.79. The SMILES string of the molecule is COc1ccc(Br)cc1[C@@H]1N2C(=O)[C@]3(C)SS[C@@]2(C[C@]1(C)C#N)C(=O)N3C. The minimum absolute atomic E-state index is 0.119. The zero-order chi connectivity index (χ0) is 19.8. The van der Waals surface area contributed by atoms with Crippen LogP contribution < -0.4 is 4.74 Å². The molecule has 4 heterocycles. The number of likely N-dealkylation sites (N-methyl/N-ethyl adjacent to an activating group) is 1. The highest BCUT2D eigenvalue weighted by Gasteiger charge is 2.75. The average molecular weight is 468 g/mol. The van der Waals surface area contributed by atoms with Gasteiger partial charge in [0.05, 0.1) is 24.6 Å². The molecule has 1 aromatic rings. The fraction of sp³-hybridized carbons (Fsp3) is 0.500. The van der Waals surface area contributed by atoms with Crippen LogP contribution in [0.25, 0.3) is 0 Å². The summed E-state index contributed by atoms with van der Waals surface area (Å²) in [5.41, 5.74) is -0.193. The lowest BCUT2D eigenvalue weighted by molar-refractivity contribution is -0.164. The maximum absolute atomic E-state index is 13.5. The van der Waals surface area contributed by atoms with Crippen molar-refractivity contribution >= 4 is 49.3 Å². The van der Waals surface area contributed by atoms with E-state index < -0.39 is 21.2 Å². The summed E-state index contributed by atoms with van der Waals surface area (Å²) in [6.45, 7) is 3.59.